The molecule has 1 fully saturated rings. The van der Waals surface area contributed by atoms with Crippen molar-refractivity contribution in [3.8, 4) is 5.75 Å². The summed E-state index contributed by atoms with van der Waals surface area (Å²) in [5, 5.41) is 13.5. The van der Waals surface area contributed by atoms with Crippen molar-refractivity contribution in [1.82, 2.24) is 14.4 Å². The number of aliphatic hydroxyl groups is 1. The molecule has 0 radical (unpaired) electrons. The SMILES string of the molecule is Cc1ccc(OCCN2CCN(C[C@@H](O)Cn3c4ccccc4c4ccccc43)CC2)cc1. The molecular weight excluding hydrogens is 410 g/mol. The zero-order valence-electron chi connectivity index (χ0n) is 19.4. The summed E-state index contributed by atoms with van der Waals surface area (Å²) in [7, 11) is 0. The first kappa shape index (κ1) is 22.0. The van der Waals surface area contributed by atoms with Crippen LogP contribution in [0.15, 0.2) is 72.8 Å². The lowest BCUT2D eigenvalue weighted by atomic mass is 10.2. The lowest BCUT2D eigenvalue weighted by molar-refractivity contribution is 0.0614. The molecule has 4 aromatic rings. The minimum absolute atomic E-state index is 0.402. The Kier molecular flexibility index (Phi) is 6.63. The Labute approximate surface area is 195 Å². The average Bonchev–Trinajstić information content (AvgIpc) is 3.15. The third kappa shape index (κ3) is 5.06. The van der Waals surface area contributed by atoms with Gasteiger partial charge in [0, 0.05) is 61.1 Å². The number of fused-ring (bicyclic) bond motifs is 3. The van der Waals surface area contributed by atoms with Gasteiger partial charge in [0.2, 0.25) is 0 Å². The Balaban J connectivity index is 1.12. The maximum absolute atomic E-state index is 10.9. The second-order valence-electron chi connectivity index (χ2n) is 9.10. The van der Waals surface area contributed by atoms with Crippen molar-refractivity contribution >= 4 is 21.8 Å². The second kappa shape index (κ2) is 9.96. The van der Waals surface area contributed by atoms with Crippen LogP contribution in [0.1, 0.15) is 5.56 Å². The minimum Gasteiger partial charge on any atom is -0.492 e. The first-order valence-corrected chi connectivity index (χ1v) is 12.0. The van der Waals surface area contributed by atoms with Gasteiger partial charge in [-0.15, -0.1) is 0 Å². The number of para-hydroxylation sites is 2. The molecule has 1 aromatic heterocycles. The van der Waals surface area contributed by atoms with Gasteiger partial charge in [0.05, 0.1) is 12.6 Å². The highest BCUT2D eigenvalue weighted by Gasteiger charge is 2.20. The number of hydrogen-bond donors (Lipinski definition) is 1. The van der Waals surface area contributed by atoms with Crippen LogP contribution in [0.3, 0.4) is 0 Å². The highest BCUT2D eigenvalue weighted by atomic mass is 16.5. The third-order valence-electron chi connectivity index (χ3n) is 6.70. The molecule has 1 N–H and O–H groups in total. The fourth-order valence-electron chi connectivity index (χ4n) is 4.89. The van der Waals surface area contributed by atoms with Gasteiger partial charge in [-0.2, -0.15) is 0 Å². The molecule has 5 rings (SSSR count). The molecule has 0 spiro atoms. The third-order valence-corrected chi connectivity index (χ3v) is 6.70. The zero-order chi connectivity index (χ0) is 22.6. The van der Waals surface area contributed by atoms with Crippen LogP contribution in [0.25, 0.3) is 21.8 Å². The van der Waals surface area contributed by atoms with Gasteiger partial charge in [0.25, 0.3) is 0 Å². The monoisotopic (exact) mass is 443 g/mol. The summed E-state index contributed by atoms with van der Waals surface area (Å²) in [4.78, 5) is 4.83. The summed E-state index contributed by atoms with van der Waals surface area (Å²) < 4.78 is 8.16. The van der Waals surface area contributed by atoms with Crippen LogP contribution in [0.5, 0.6) is 5.75 Å². The van der Waals surface area contributed by atoms with Gasteiger partial charge in [0.15, 0.2) is 0 Å². The molecule has 0 unspecified atom stereocenters. The highest BCUT2D eigenvalue weighted by molar-refractivity contribution is 6.07. The summed E-state index contributed by atoms with van der Waals surface area (Å²) in [6.07, 6.45) is -0.402. The summed E-state index contributed by atoms with van der Waals surface area (Å²) in [5.74, 6) is 0.937. The zero-order valence-corrected chi connectivity index (χ0v) is 19.4. The van der Waals surface area contributed by atoms with Crippen LogP contribution in [-0.4, -0.2) is 71.5 Å². The molecular formula is C28H33N3O2. The van der Waals surface area contributed by atoms with Gasteiger partial charge in [-0.25, -0.2) is 0 Å². The molecule has 5 nitrogen and oxygen atoms in total. The molecule has 0 saturated carbocycles. The molecule has 3 aromatic carbocycles. The molecule has 1 aliphatic heterocycles. The molecule has 0 aliphatic carbocycles. The topological polar surface area (TPSA) is 40.9 Å². The van der Waals surface area contributed by atoms with Crippen molar-refractivity contribution in [2.24, 2.45) is 0 Å². The van der Waals surface area contributed by atoms with E-state index in [0.29, 0.717) is 19.7 Å². The van der Waals surface area contributed by atoms with Crippen LogP contribution in [0.4, 0.5) is 0 Å². The van der Waals surface area contributed by atoms with Crippen molar-refractivity contribution < 1.29 is 9.84 Å². The van der Waals surface area contributed by atoms with Gasteiger partial charge in [-0.3, -0.25) is 9.80 Å². The van der Waals surface area contributed by atoms with Crippen molar-refractivity contribution in [3.05, 3.63) is 78.4 Å². The van der Waals surface area contributed by atoms with Gasteiger partial charge < -0.3 is 14.4 Å². The largest absolute Gasteiger partial charge is 0.492 e. The van der Waals surface area contributed by atoms with Crippen LogP contribution >= 0.6 is 0 Å². The van der Waals surface area contributed by atoms with Gasteiger partial charge in [-0.1, -0.05) is 54.1 Å². The summed E-state index contributed by atoms with van der Waals surface area (Å²) in [6.45, 7) is 9.03. The average molecular weight is 444 g/mol. The van der Waals surface area contributed by atoms with E-state index in [1.807, 2.05) is 12.1 Å². The molecule has 2 heterocycles. The molecule has 33 heavy (non-hydrogen) atoms. The Morgan fingerprint density at radius 3 is 1.97 bits per heavy atom. The fraction of sp³-hybridized carbons (Fsp3) is 0.357. The molecule has 1 saturated heterocycles. The van der Waals surface area contributed by atoms with E-state index in [1.54, 1.807) is 0 Å². The number of aryl methyl sites for hydroxylation is 1. The van der Waals surface area contributed by atoms with E-state index >= 15 is 0 Å². The van der Waals surface area contributed by atoms with E-state index in [9.17, 15) is 5.11 Å². The number of hydrogen-bond acceptors (Lipinski definition) is 4. The Morgan fingerprint density at radius 2 is 1.33 bits per heavy atom. The number of rotatable bonds is 8. The van der Waals surface area contributed by atoms with E-state index in [2.05, 4.69) is 82.0 Å². The summed E-state index contributed by atoms with van der Waals surface area (Å²) in [5.41, 5.74) is 3.63. The predicted octanol–water partition coefficient (Wildman–Crippen LogP) is 4.16. The second-order valence-corrected chi connectivity index (χ2v) is 9.10. The van der Waals surface area contributed by atoms with Crippen molar-refractivity contribution in [1.29, 1.82) is 0 Å². The van der Waals surface area contributed by atoms with Crippen LogP contribution in [0, 0.1) is 6.92 Å². The first-order chi connectivity index (χ1) is 16.2. The normalized spacial score (nSPS) is 16.4. The maximum Gasteiger partial charge on any atom is 0.119 e. The lowest BCUT2D eigenvalue weighted by Gasteiger charge is -2.35. The van der Waals surface area contributed by atoms with E-state index in [-0.39, 0.29) is 0 Å². The van der Waals surface area contributed by atoms with E-state index in [4.69, 9.17) is 4.74 Å². The fourth-order valence-corrected chi connectivity index (χ4v) is 4.89. The van der Waals surface area contributed by atoms with Gasteiger partial charge >= 0.3 is 0 Å². The Morgan fingerprint density at radius 1 is 0.758 bits per heavy atom. The Hall–Kier alpha value is -2.86. The number of nitrogens with zero attached hydrogens (tertiary/aromatic N) is 3. The van der Waals surface area contributed by atoms with Gasteiger partial charge in [0.1, 0.15) is 12.4 Å². The molecule has 5 heteroatoms. The van der Waals surface area contributed by atoms with E-state index in [0.717, 1.165) is 38.5 Å². The number of aliphatic hydroxyl groups excluding tert-OH is 1. The Bertz CT molecular complexity index is 1140. The summed E-state index contributed by atoms with van der Waals surface area (Å²) >= 11 is 0. The quantitative estimate of drug-likeness (QED) is 0.444. The smallest absolute Gasteiger partial charge is 0.119 e. The van der Waals surface area contributed by atoms with E-state index in [1.165, 1.54) is 27.4 Å². The van der Waals surface area contributed by atoms with Crippen molar-refractivity contribution in [3.63, 3.8) is 0 Å². The summed E-state index contributed by atoms with van der Waals surface area (Å²) in [6, 6.07) is 25.2. The number of β-amino-alcohol motifs (C(OH)–C–C–N with tert-alkyl or cyclic N) is 1. The predicted molar refractivity (Wildman–Crippen MR) is 135 cm³/mol. The highest BCUT2D eigenvalue weighted by Crippen LogP contribution is 2.29. The molecule has 1 aliphatic rings. The van der Waals surface area contributed by atoms with Gasteiger partial charge in [-0.05, 0) is 31.2 Å². The van der Waals surface area contributed by atoms with Crippen LogP contribution in [0.2, 0.25) is 0 Å². The number of aromatic nitrogens is 1. The minimum atomic E-state index is -0.402. The van der Waals surface area contributed by atoms with Crippen LogP contribution in [-0.2, 0) is 6.54 Å². The maximum atomic E-state index is 10.9. The molecule has 172 valence electrons. The number of piperazine rings is 1. The molecule has 1 atom stereocenters. The standard InChI is InChI=1S/C28H33N3O2/c1-22-10-12-24(13-11-22)33-19-18-29-14-16-30(17-15-29)20-23(32)21-31-27-8-4-2-6-25(27)26-7-3-5-9-28(26)31/h2-13,23,32H,14-21H2,1H3/t23-/m1/s1. The number of ether oxygens (including phenoxy) is 1. The van der Waals surface area contributed by atoms with Crippen molar-refractivity contribution in [2.75, 3.05) is 45.9 Å². The van der Waals surface area contributed by atoms with E-state index < -0.39 is 6.10 Å². The molecule has 0 bridgehead atoms. The number of benzene rings is 3. The lowest BCUT2D eigenvalue weighted by Crippen LogP contribution is -2.49. The van der Waals surface area contributed by atoms with Crippen LogP contribution < -0.4 is 4.74 Å². The molecule has 0 amide bonds. The first-order valence-electron chi connectivity index (χ1n) is 12.0. The van der Waals surface area contributed by atoms with Crippen molar-refractivity contribution in [2.45, 2.75) is 19.6 Å².